The Balaban J connectivity index is 2.67. The van der Waals surface area contributed by atoms with Gasteiger partial charge < -0.3 is 10.6 Å². The summed E-state index contributed by atoms with van der Waals surface area (Å²) in [6.07, 6.45) is 1.50. The van der Waals surface area contributed by atoms with Crippen molar-refractivity contribution in [2.75, 3.05) is 7.05 Å². The molecular formula is C15H24N2O. The molecule has 0 spiro atoms. The average molecular weight is 248 g/mol. The standard InChI is InChI=1S/C15H24N2O/c1-5-15(2,3)17(4)14(18)13(16)11-12-9-7-6-8-10-12/h6-10,13H,5,11,16H2,1-4H3/t13-/m1/s1. The maximum Gasteiger partial charge on any atom is 0.240 e. The molecule has 3 nitrogen and oxygen atoms in total. The van der Waals surface area contributed by atoms with Crippen LogP contribution in [-0.4, -0.2) is 29.4 Å². The molecule has 0 aliphatic heterocycles. The first-order valence-electron chi connectivity index (χ1n) is 6.45. The zero-order valence-electron chi connectivity index (χ0n) is 11.8. The van der Waals surface area contributed by atoms with E-state index in [9.17, 15) is 4.79 Å². The Bertz CT molecular complexity index is 387. The van der Waals surface area contributed by atoms with Crippen molar-refractivity contribution in [1.29, 1.82) is 0 Å². The molecule has 0 saturated heterocycles. The lowest BCUT2D eigenvalue weighted by Crippen LogP contribution is -2.51. The minimum Gasteiger partial charge on any atom is -0.339 e. The summed E-state index contributed by atoms with van der Waals surface area (Å²) in [4.78, 5) is 14.0. The topological polar surface area (TPSA) is 46.3 Å². The van der Waals surface area contributed by atoms with Gasteiger partial charge in [-0.3, -0.25) is 4.79 Å². The fourth-order valence-electron chi connectivity index (χ4n) is 1.74. The molecule has 1 amide bonds. The molecule has 2 N–H and O–H groups in total. The Labute approximate surface area is 110 Å². The Morgan fingerprint density at radius 1 is 1.33 bits per heavy atom. The predicted octanol–water partition coefficient (Wildman–Crippen LogP) is 2.20. The third-order valence-electron chi connectivity index (χ3n) is 3.72. The monoisotopic (exact) mass is 248 g/mol. The Hall–Kier alpha value is -1.35. The molecule has 0 unspecified atom stereocenters. The van der Waals surface area contributed by atoms with Gasteiger partial charge in [-0.2, -0.15) is 0 Å². The van der Waals surface area contributed by atoms with Crippen LogP contribution in [-0.2, 0) is 11.2 Å². The zero-order chi connectivity index (χ0) is 13.8. The van der Waals surface area contributed by atoms with Gasteiger partial charge in [0.15, 0.2) is 0 Å². The summed E-state index contributed by atoms with van der Waals surface area (Å²) in [6.45, 7) is 6.19. The number of benzene rings is 1. The molecule has 0 fully saturated rings. The zero-order valence-corrected chi connectivity index (χ0v) is 11.8. The van der Waals surface area contributed by atoms with Crippen LogP contribution >= 0.6 is 0 Å². The molecular weight excluding hydrogens is 224 g/mol. The van der Waals surface area contributed by atoms with Crippen molar-refractivity contribution in [2.45, 2.75) is 45.2 Å². The maximum atomic E-state index is 12.3. The molecule has 1 aromatic rings. The van der Waals surface area contributed by atoms with Crippen molar-refractivity contribution in [2.24, 2.45) is 5.73 Å². The summed E-state index contributed by atoms with van der Waals surface area (Å²) in [7, 11) is 1.83. The molecule has 0 aromatic heterocycles. The first-order valence-corrected chi connectivity index (χ1v) is 6.45. The quantitative estimate of drug-likeness (QED) is 0.868. The van der Waals surface area contributed by atoms with Crippen LogP contribution in [0.1, 0.15) is 32.8 Å². The highest BCUT2D eigenvalue weighted by Gasteiger charge is 2.28. The van der Waals surface area contributed by atoms with Crippen LogP contribution in [0.4, 0.5) is 0 Å². The van der Waals surface area contributed by atoms with Gasteiger partial charge in [0.2, 0.25) is 5.91 Å². The molecule has 18 heavy (non-hydrogen) atoms. The minimum atomic E-state index is -0.469. The van der Waals surface area contributed by atoms with E-state index in [4.69, 9.17) is 5.73 Å². The largest absolute Gasteiger partial charge is 0.339 e. The fraction of sp³-hybridized carbons (Fsp3) is 0.533. The van der Waals surface area contributed by atoms with Crippen LogP contribution in [0.5, 0.6) is 0 Å². The molecule has 3 heteroatoms. The second-order valence-electron chi connectivity index (χ2n) is 5.36. The minimum absolute atomic E-state index is 0.00528. The Kier molecular flexibility index (Phi) is 4.91. The third kappa shape index (κ3) is 3.57. The van der Waals surface area contributed by atoms with E-state index >= 15 is 0 Å². The van der Waals surface area contributed by atoms with E-state index in [1.54, 1.807) is 4.90 Å². The number of hydrogen-bond donors (Lipinski definition) is 1. The van der Waals surface area contributed by atoms with Crippen molar-refractivity contribution >= 4 is 5.91 Å². The summed E-state index contributed by atoms with van der Waals surface area (Å²) >= 11 is 0. The maximum absolute atomic E-state index is 12.3. The molecule has 1 aromatic carbocycles. The van der Waals surface area contributed by atoms with Crippen LogP contribution < -0.4 is 5.73 Å². The average Bonchev–Trinajstić information content (AvgIpc) is 2.38. The van der Waals surface area contributed by atoms with Crippen LogP contribution in [0.25, 0.3) is 0 Å². The van der Waals surface area contributed by atoms with E-state index < -0.39 is 6.04 Å². The number of carbonyl (C=O) groups excluding carboxylic acids is 1. The Morgan fingerprint density at radius 2 is 1.89 bits per heavy atom. The van der Waals surface area contributed by atoms with Crippen molar-refractivity contribution in [3.63, 3.8) is 0 Å². The number of carbonyl (C=O) groups is 1. The van der Waals surface area contributed by atoms with Crippen molar-refractivity contribution < 1.29 is 4.79 Å². The number of nitrogens with two attached hydrogens (primary N) is 1. The van der Waals surface area contributed by atoms with Crippen LogP contribution in [0.3, 0.4) is 0 Å². The van der Waals surface area contributed by atoms with Gasteiger partial charge in [0.05, 0.1) is 6.04 Å². The van der Waals surface area contributed by atoms with Gasteiger partial charge in [0.25, 0.3) is 0 Å². The van der Waals surface area contributed by atoms with Gasteiger partial charge in [-0.15, -0.1) is 0 Å². The lowest BCUT2D eigenvalue weighted by atomic mass is 9.97. The summed E-state index contributed by atoms with van der Waals surface area (Å²) < 4.78 is 0. The van der Waals surface area contributed by atoms with Gasteiger partial charge in [-0.1, -0.05) is 37.3 Å². The molecule has 0 aliphatic rings. The predicted molar refractivity (Wildman–Crippen MR) is 75.3 cm³/mol. The van der Waals surface area contributed by atoms with Crippen molar-refractivity contribution in [1.82, 2.24) is 4.90 Å². The van der Waals surface area contributed by atoms with E-state index in [2.05, 4.69) is 20.8 Å². The summed E-state index contributed by atoms with van der Waals surface area (Å²) in [5.74, 6) is 0.00528. The molecule has 0 heterocycles. The van der Waals surface area contributed by atoms with Gasteiger partial charge >= 0.3 is 0 Å². The highest BCUT2D eigenvalue weighted by Crippen LogP contribution is 2.17. The highest BCUT2D eigenvalue weighted by molar-refractivity contribution is 5.82. The lowest BCUT2D eigenvalue weighted by molar-refractivity contribution is -0.136. The molecule has 1 rings (SSSR count). The normalized spacial score (nSPS) is 13.2. The van der Waals surface area contributed by atoms with Gasteiger partial charge in [-0.05, 0) is 32.3 Å². The smallest absolute Gasteiger partial charge is 0.240 e. The van der Waals surface area contributed by atoms with E-state index in [-0.39, 0.29) is 11.4 Å². The molecule has 0 radical (unpaired) electrons. The summed E-state index contributed by atoms with van der Waals surface area (Å²) in [5.41, 5.74) is 6.96. The molecule has 0 bridgehead atoms. The van der Waals surface area contributed by atoms with Gasteiger partial charge in [-0.25, -0.2) is 0 Å². The van der Waals surface area contributed by atoms with Gasteiger partial charge in [0, 0.05) is 12.6 Å². The fourth-order valence-corrected chi connectivity index (χ4v) is 1.74. The molecule has 0 saturated carbocycles. The summed E-state index contributed by atoms with van der Waals surface area (Å²) in [6, 6.07) is 9.42. The lowest BCUT2D eigenvalue weighted by Gasteiger charge is -2.36. The Morgan fingerprint density at radius 3 is 2.39 bits per heavy atom. The van der Waals surface area contributed by atoms with E-state index in [0.29, 0.717) is 6.42 Å². The first kappa shape index (κ1) is 14.7. The molecule has 100 valence electrons. The SMILES string of the molecule is CCC(C)(C)N(C)C(=O)[C@H](N)Cc1ccccc1. The van der Waals surface area contributed by atoms with E-state index in [1.807, 2.05) is 37.4 Å². The number of hydrogen-bond acceptors (Lipinski definition) is 2. The number of nitrogens with zero attached hydrogens (tertiary/aromatic N) is 1. The van der Waals surface area contributed by atoms with Crippen molar-refractivity contribution in [3.05, 3.63) is 35.9 Å². The van der Waals surface area contributed by atoms with Crippen molar-refractivity contribution in [3.8, 4) is 0 Å². The summed E-state index contributed by atoms with van der Waals surface area (Å²) in [5, 5.41) is 0. The number of amides is 1. The van der Waals surface area contributed by atoms with E-state index in [0.717, 1.165) is 12.0 Å². The van der Waals surface area contributed by atoms with Crippen LogP contribution in [0.2, 0.25) is 0 Å². The highest BCUT2D eigenvalue weighted by atomic mass is 16.2. The van der Waals surface area contributed by atoms with Crippen LogP contribution in [0.15, 0.2) is 30.3 Å². The molecule has 0 aliphatic carbocycles. The first-order chi connectivity index (χ1) is 8.38. The van der Waals surface area contributed by atoms with Crippen LogP contribution in [0, 0.1) is 0 Å². The molecule has 1 atom stereocenters. The van der Waals surface area contributed by atoms with E-state index in [1.165, 1.54) is 0 Å². The third-order valence-corrected chi connectivity index (χ3v) is 3.72. The second kappa shape index (κ2) is 6.01. The number of rotatable bonds is 5. The second-order valence-corrected chi connectivity index (χ2v) is 5.36. The van der Waals surface area contributed by atoms with Gasteiger partial charge in [0.1, 0.15) is 0 Å². The number of likely N-dealkylation sites (N-methyl/N-ethyl adjacent to an activating group) is 1.